The third kappa shape index (κ3) is 2.55. The molecule has 2 atom stereocenters. The normalized spacial score (nSPS) is 28.2. The van der Waals surface area contributed by atoms with E-state index in [1.807, 2.05) is 0 Å². The van der Waals surface area contributed by atoms with Gasteiger partial charge in [0.1, 0.15) is 0 Å². The molecule has 1 rings (SSSR count). The van der Waals surface area contributed by atoms with Crippen molar-refractivity contribution in [3.05, 3.63) is 11.6 Å². The zero-order valence-electron chi connectivity index (χ0n) is 11.1. The highest BCUT2D eigenvalue weighted by Gasteiger charge is 2.76. The molecule has 0 aromatic carbocycles. The predicted molar refractivity (Wildman–Crippen MR) is 58.7 cm³/mol. The number of allylic oxidation sites excluding steroid dienone is 1. The molecule has 20 heavy (non-hydrogen) atoms. The predicted octanol–water partition coefficient (Wildman–Crippen LogP) is 3.20. The molecule has 1 aliphatic rings. The summed E-state index contributed by atoms with van der Waals surface area (Å²) in [6, 6.07) is 0. The molecule has 0 aliphatic heterocycles. The third-order valence-corrected chi connectivity index (χ3v) is 3.69. The average molecular weight is 306 g/mol. The molecular formula is C12H16F6O2. The van der Waals surface area contributed by atoms with E-state index in [9.17, 15) is 36.6 Å². The first kappa shape index (κ1) is 17.3. The molecule has 8 heteroatoms. The van der Waals surface area contributed by atoms with E-state index < -0.39 is 35.4 Å². The van der Waals surface area contributed by atoms with Gasteiger partial charge in [-0.2, -0.15) is 26.3 Å². The molecular weight excluding hydrogens is 290 g/mol. The van der Waals surface area contributed by atoms with E-state index in [0.717, 1.165) is 6.08 Å². The minimum absolute atomic E-state index is 0.0802. The minimum Gasteiger partial charge on any atom is -0.389 e. The summed E-state index contributed by atoms with van der Waals surface area (Å²) in [5.41, 5.74) is -6.05. The zero-order chi connectivity index (χ0) is 16.1. The van der Waals surface area contributed by atoms with Crippen LogP contribution in [0.15, 0.2) is 11.6 Å². The Morgan fingerprint density at radius 3 is 1.80 bits per heavy atom. The van der Waals surface area contributed by atoms with Crippen molar-refractivity contribution in [2.45, 2.75) is 51.2 Å². The van der Waals surface area contributed by atoms with Gasteiger partial charge in [-0.25, -0.2) is 0 Å². The van der Waals surface area contributed by atoms with Crippen LogP contribution in [0.2, 0.25) is 0 Å². The maximum atomic E-state index is 12.9. The van der Waals surface area contributed by atoms with Gasteiger partial charge in [0, 0.05) is 5.92 Å². The first-order valence-electron chi connectivity index (χ1n) is 5.86. The van der Waals surface area contributed by atoms with Crippen molar-refractivity contribution in [2.75, 3.05) is 0 Å². The quantitative estimate of drug-likeness (QED) is 0.577. The van der Waals surface area contributed by atoms with Gasteiger partial charge in [0.25, 0.3) is 5.60 Å². The van der Waals surface area contributed by atoms with Gasteiger partial charge in [-0.3, -0.25) is 0 Å². The molecule has 0 amide bonds. The van der Waals surface area contributed by atoms with Gasteiger partial charge in [0.15, 0.2) is 0 Å². The fourth-order valence-corrected chi connectivity index (χ4v) is 3.06. The lowest BCUT2D eigenvalue weighted by molar-refractivity contribution is -0.399. The number of aliphatic hydroxyl groups is 2. The highest BCUT2D eigenvalue weighted by atomic mass is 19.4. The summed E-state index contributed by atoms with van der Waals surface area (Å²) >= 11 is 0. The molecule has 0 saturated carbocycles. The third-order valence-electron chi connectivity index (χ3n) is 3.69. The van der Waals surface area contributed by atoms with Gasteiger partial charge in [-0.05, 0) is 18.8 Å². The number of aliphatic hydroxyl groups excluding tert-OH is 1. The number of hydrogen-bond acceptors (Lipinski definition) is 2. The highest BCUT2D eigenvalue weighted by Crippen LogP contribution is 2.56. The monoisotopic (exact) mass is 306 g/mol. The number of halogens is 6. The van der Waals surface area contributed by atoms with E-state index in [1.54, 1.807) is 0 Å². The number of rotatable bonds is 1. The molecule has 0 unspecified atom stereocenters. The maximum absolute atomic E-state index is 12.9. The Morgan fingerprint density at radius 2 is 1.50 bits per heavy atom. The molecule has 2 N–H and O–H groups in total. The van der Waals surface area contributed by atoms with Crippen molar-refractivity contribution in [1.82, 2.24) is 0 Å². The van der Waals surface area contributed by atoms with Crippen molar-refractivity contribution >= 4 is 0 Å². The summed E-state index contributed by atoms with van der Waals surface area (Å²) in [5.74, 6) is -2.43. The SMILES string of the molecule is CC1=C[C@H](O)[C@@H](C(O)(C(F)(F)F)C(F)(F)F)C(C)(C)C1. The molecule has 0 saturated heterocycles. The largest absolute Gasteiger partial charge is 0.426 e. The van der Waals surface area contributed by atoms with Crippen molar-refractivity contribution in [1.29, 1.82) is 0 Å². The van der Waals surface area contributed by atoms with Crippen LogP contribution >= 0.6 is 0 Å². The molecule has 0 aromatic heterocycles. The minimum atomic E-state index is -5.94. The lowest BCUT2D eigenvalue weighted by atomic mass is 9.61. The Kier molecular flexibility index (Phi) is 4.00. The van der Waals surface area contributed by atoms with Crippen molar-refractivity contribution < 1.29 is 36.6 Å². The first-order valence-corrected chi connectivity index (χ1v) is 5.86. The average Bonchev–Trinajstić information content (AvgIpc) is 2.09. The standard InChI is InChI=1S/C12H16F6O2/c1-6-4-7(19)8(9(2,3)5-6)10(20,11(13,14)15)12(16,17)18/h4,7-8,19-20H,5H2,1-3H3/t7-,8+/m0/s1. The van der Waals surface area contributed by atoms with Gasteiger partial charge in [-0.15, -0.1) is 0 Å². The zero-order valence-corrected chi connectivity index (χ0v) is 11.1. The summed E-state index contributed by atoms with van der Waals surface area (Å²) in [7, 11) is 0. The molecule has 118 valence electrons. The summed E-state index contributed by atoms with van der Waals surface area (Å²) < 4.78 is 77.4. The second-order valence-electron chi connectivity index (χ2n) is 5.91. The van der Waals surface area contributed by atoms with Gasteiger partial charge in [-0.1, -0.05) is 25.5 Å². The van der Waals surface area contributed by atoms with E-state index >= 15 is 0 Å². The topological polar surface area (TPSA) is 40.5 Å². The van der Waals surface area contributed by atoms with Crippen molar-refractivity contribution in [3.8, 4) is 0 Å². The van der Waals surface area contributed by atoms with Crippen LogP contribution in [0.1, 0.15) is 27.2 Å². The smallest absolute Gasteiger partial charge is 0.389 e. The summed E-state index contributed by atoms with van der Waals surface area (Å²) in [4.78, 5) is 0. The molecule has 0 bridgehead atoms. The Morgan fingerprint density at radius 1 is 1.10 bits per heavy atom. The lowest BCUT2D eigenvalue weighted by Gasteiger charge is -2.49. The fraction of sp³-hybridized carbons (Fsp3) is 0.833. The van der Waals surface area contributed by atoms with Gasteiger partial charge >= 0.3 is 12.4 Å². The molecule has 1 aliphatic carbocycles. The van der Waals surface area contributed by atoms with Crippen molar-refractivity contribution in [3.63, 3.8) is 0 Å². The van der Waals surface area contributed by atoms with Crippen LogP contribution in [-0.2, 0) is 0 Å². The maximum Gasteiger partial charge on any atom is 0.426 e. The van der Waals surface area contributed by atoms with Crippen LogP contribution in [0.5, 0.6) is 0 Å². The molecule has 2 nitrogen and oxygen atoms in total. The van der Waals surface area contributed by atoms with E-state index in [0.29, 0.717) is 5.57 Å². The van der Waals surface area contributed by atoms with Crippen molar-refractivity contribution in [2.24, 2.45) is 11.3 Å². The molecule has 0 heterocycles. The van der Waals surface area contributed by atoms with Gasteiger partial charge in [0.05, 0.1) is 6.10 Å². The molecule has 0 aromatic rings. The van der Waals surface area contributed by atoms with E-state index in [-0.39, 0.29) is 6.42 Å². The molecule has 0 fully saturated rings. The molecule has 0 spiro atoms. The number of alkyl halides is 6. The van der Waals surface area contributed by atoms with Crippen LogP contribution in [0, 0.1) is 11.3 Å². The van der Waals surface area contributed by atoms with Crippen LogP contribution in [0.3, 0.4) is 0 Å². The Bertz CT molecular complexity index is 393. The second kappa shape index (κ2) is 4.62. The van der Waals surface area contributed by atoms with Crippen LogP contribution < -0.4 is 0 Å². The van der Waals surface area contributed by atoms with Crippen LogP contribution in [0.25, 0.3) is 0 Å². The van der Waals surface area contributed by atoms with Gasteiger partial charge in [0.2, 0.25) is 0 Å². The molecule has 0 radical (unpaired) electrons. The van der Waals surface area contributed by atoms with Crippen LogP contribution in [0.4, 0.5) is 26.3 Å². The van der Waals surface area contributed by atoms with Crippen LogP contribution in [-0.4, -0.2) is 34.3 Å². The fourth-order valence-electron chi connectivity index (χ4n) is 3.06. The Labute approximate surface area is 112 Å². The van der Waals surface area contributed by atoms with E-state index in [2.05, 4.69) is 0 Å². The number of hydrogen-bond donors (Lipinski definition) is 2. The summed E-state index contributed by atoms with van der Waals surface area (Å²) in [6.07, 6.45) is -13.1. The van der Waals surface area contributed by atoms with E-state index in [1.165, 1.54) is 20.8 Å². The highest BCUT2D eigenvalue weighted by molar-refractivity contribution is 5.19. The summed E-state index contributed by atoms with van der Waals surface area (Å²) in [6.45, 7) is 3.83. The van der Waals surface area contributed by atoms with E-state index in [4.69, 9.17) is 0 Å². The summed E-state index contributed by atoms with van der Waals surface area (Å²) in [5, 5.41) is 19.2. The first-order chi connectivity index (χ1) is 8.64. The lowest BCUT2D eigenvalue weighted by Crippen LogP contribution is -2.67. The second-order valence-corrected chi connectivity index (χ2v) is 5.91. The van der Waals surface area contributed by atoms with Gasteiger partial charge < -0.3 is 10.2 Å². The Hall–Kier alpha value is -0.760. The Balaban J connectivity index is 3.50.